The van der Waals surface area contributed by atoms with Crippen LogP contribution in [0.3, 0.4) is 0 Å². The number of hydrogen-bond acceptors (Lipinski definition) is 3. The normalized spacial score (nSPS) is 13.8. The van der Waals surface area contributed by atoms with Crippen molar-refractivity contribution in [2.75, 3.05) is 6.61 Å². The van der Waals surface area contributed by atoms with E-state index in [2.05, 4.69) is 11.6 Å². The Morgan fingerprint density at radius 3 is 2.76 bits per heavy atom. The van der Waals surface area contributed by atoms with Crippen molar-refractivity contribution in [3.8, 4) is 11.1 Å². The van der Waals surface area contributed by atoms with E-state index in [9.17, 15) is 8.78 Å². The van der Waals surface area contributed by atoms with Gasteiger partial charge in [0.1, 0.15) is 11.6 Å². The van der Waals surface area contributed by atoms with Crippen molar-refractivity contribution < 1.29 is 13.5 Å². The molecule has 2 aromatic rings. The molecule has 0 saturated carbocycles. The van der Waals surface area contributed by atoms with Gasteiger partial charge >= 0.3 is 0 Å². The molecule has 3 nitrogen and oxygen atoms in total. The van der Waals surface area contributed by atoms with Gasteiger partial charge in [-0.3, -0.25) is 0 Å². The van der Waals surface area contributed by atoms with Crippen LogP contribution in [0.4, 0.5) is 8.78 Å². The summed E-state index contributed by atoms with van der Waals surface area (Å²) in [5, 5.41) is 0. The molecule has 0 spiro atoms. The molecule has 3 rings (SSSR count). The first-order valence-electron chi connectivity index (χ1n) is 6.57. The molecule has 1 aromatic carbocycles. The number of aromatic nitrogens is 1. The van der Waals surface area contributed by atoms with Crippen LogP contribution < -0.4 is 5.73 Å². The van der Waals surface area contributed by atoms with Crippen molar-refractivity contribution in [2.24, 2.45) is 5.73 Å². The molecule has 5 heteroatoms. The zero-order chi connectivity index (χ0) is 15.0. The summed E-state index contributed by atoms with van der Waals surface area (Å²) >= 11 is 0. The van der Waals surface area contributed by atoms with Gasteiger partial charge in [-0.2, -0.15) is 0 Å². The van der Waals surface area contributed by atoms with Crippen molar-refractivity contribution in [1.82, 2.24) is 4.98 Å². The van der Waals surface area contributed by atoms with Gasteiger partial charge in [-0.15, -0.1) is 0 Å². The monoisotopic (exact) mass is 288 g/mol. The molecular weight excluding hydrogens is 274 g/mol. The maximum atomic E-state index is 14.1. The second-order valence-corrected chi connectivity index (χ2v) is 4.93. The molecule has 0 aliphatic carbocycles. The molecule has 2 heterocycles. The average molecular weight is 288 g/mol. The Bertz CT molecular complexity index is 728. The van der Waals surface area contributed by atoms with Gasteiger partial charge in [0.2, 0.25) is 0 Å². The number of nitrogens with two attached hydrogens (primary N) is 1. The SMILES string of the molecule is C=C(N)c1cc(-c2ccc(F)cc2F)c2c(n1)COCC2. The second kappa shape index (κ2) is 5.26. The first kappa shape index (κ1) is 13.7. The molecule has 0 bridgehead atoms. The van der Waals surface area contributed by atoms with Gasteiger partial charge in [0.15, 0.2) is 0 Å². The maximum Gasteiger partial charge on any atom is 0.133 e. The van der Waals surface area contributed by atoms with E-state index in [1.807, 2.05) is 0 Å². The van der Waals surface area contributed by atoms with Crippen molar-refractivity contribution in [3.63, 3.8) is 0 Å². The smallest absolute Gasteiger partial charge is 0.133 e. The van der Waals surface area contributed by atoms with Gasteiger partial charge in [0.05, 0.1) is 30.3 Å². The topological polar surface area (TPSA) is 48.1 Å². The van der Waals surface area contributed by atoms with Crippen molar-refractivity contribution >= 4 is 5.70 Å². The molecule has 0 unspecified atom stereocenters. The number of hydrogen-bond donors (Lipinski definition) is 1. The molecule has 21 heavy (non-hydrogen) atoms. The molecule has 0 radical (unpaired) electrons. The summed E-state index contributed by atoms with van der Waals surface area (Å²) in [6.45, 7) is 4.57. The summed E-state index contributed by atoms with van der Waals surface area (Å²) in [4.78, 5) is 4.40. The Morgan fingerprint density at radius 2 is 2.05 bits per heavy atom. The largest absolute Gasteiger partial charge is 0.397 e. The molecule has 1 aliphatic heterocycles. The number of ether oxygens (including phenoxy) is 1. The summed E-state index contributed by atoms with van der Waals surface area (Å²) < 4.78 is 32.6. The Hall–Kier alpha value is -2.27. The molecule has 0 atom stereocenters. The number of rotatable bonds is 2. The van der Waals surface area contributed by atoms with E-state index in [1.54, 1.807) is 6.07 Å². The van der Waals surface area contributed by atoms with Crippen molar-refractivity contribution in [3.05, 3.63) is 59.4 Å². The molecule has 0 amide bonds. The molecule has 108 valence electrons. The molecule has 0 saturated heterocycles. The molecule has 1 aromatic heterocycles. The van der Waals surface area contributed by atoms with Crippen LogP contribution in [0.5, 0.6) is 0 Å². The van der Waals surface area contributed by atoms with Gasteiger partial charge in [-0.1, -0.05) is 6.58 Å². The van der Waals surface area contributed by atoms with Crippen LogP contribution in [-0.4, -0.2) is 11.6 Å². The van der Waals surface area contributed by atoms with Gasteiger partial charge in [-0.05, 0) is 35.7 Å². The lowest BCUT2D eigenvalue weighted by atomic mass is 9.94. The minimum Gasteiger partial charge on any atom is -0.397 e. The maximum absolute atomic E-state index is 14.1. The van der Waals surface area contributed by atoms with E-state index in [0.29, 0.717) is 42.2 Å². The lowest BCUT2D eigenvalue weighted by molar-refractivity contribution is 0.107. The van der Waals surface area contributed by atoms with Crippen LogP contribution in [-0.2, 0) is 17.8 Å². The Kier molecular flexibility index (Phi) is 3.43. The Labute approximate surface area is 121 Å². The van der Waals surface area contributed by atoms with E-state index in [1.165, 1.54) is 12.1 Å². The van der Waals surface area contributed by atoms with Gasteiger partial charge in [0, 0.05) is 11.6 Å². The minimum atomic E-state index is -0.608. The minimum absolute atomic E-state index is 0.298. The van der Waals surface area contributed by atoms with Gasteiger partial charge in [0.25, 0.3) is 0 Å². The Balaban J connectivity index is 2.24. The lowest BCUT2D eigenvalue weighted by Crippen LogP contribution is -2.15. The number of fused-ring (bicyclic) bond motifs is 1. The highest BCUT2D eigenvalue weighted by molar-refractivity contribution is 5.73. The summed E-state index contributed by atoms with van der Waals surface area (Å²) in [6.07, 6.45) is 0.631. The van der Waals surface area contributed by atoms with Crippen LogP contribution in [0.25, 0.3) is 16.8 Å². The predicted octanol–water partition coefficient (Wildman–Crippen LogP) is 3.03. The summed E-state index contributed by atoms with van der Waals surface area (Å²) in [5.74, 6) is -1.21. The average Bonchev–Trinajstić information content (AvgIpc) is 2.46. The molecular formula is C16H14F2N2O. The highest BCUT2D eigenvalue weighted by atomic mass is 19.1. The zero-order valence-corrected chi connectivity index (χ0v) is 11.3. The second-order valence-electron chi connectivity index (χ2n) is 4.93. The van der Waals surface area contributed by atoms with E-state index in [-0.39, 0.29) is 0 Å². The number of pyridine rings is 1. The van der Waals surface area contributed by atoms with Crippen LogP contribution >= 0.6 is 0 Å². The summed E-state index contributed by atoms with van der Waals surface area (Å²) in [7, 11) is 0. The first-order chi connectivity index (χ1) is 10.1. The summed E-state index contributed by atoms with van der Waals surface area (Å²) in [5.41, 5.74) is 9.13. The highest BCUT2D eigenvalue weighted by Crippen LogP contribution is 2.32. The quantitative estimate of drug-likeness (QED) is 0.924. The third-order valence-electron chi connectivity index (χ3n) is 3.50. The fourth-order valence-electron chi connectivity index (χ4n) is 2.48. The van der Waals surface area contributed by atoms with Crippen LogP contribution in [0, 0.1) is 11.6 Å². The van der Waals surface area contributed by atoms with Gasteiger partial charge < -0.3 is 10.5 Å². The van der Waals surface area contributed by atoms with E-state index < -0.39 is 11.6 Å². The number of halogens is 2. The van der Waals surface area contributed by atoms with E-state index in [0.717, 1.165) is 17.3 Å². The van der Waals surface area contributed by atoms with Crippen molar-refractivity contribution in [1.29, 1.82) is 0 Å². The van der Waals surface area contributed by atoms with Crippen molar-refractivity contribution in [2.45, 2.75) is 13.0 Å². The van der Waals surface area contributed by atoms with E-state index in [4.69, 9.17) is 10.5 Å². The lowest BCUT2D eigenvalue weighted by Gasteiger charge is -2.21. The Morgan fingerprint density at radius 1 is 1.24 bits per heavy atom. The third-order valence-corrected chi connectivity index (χ3v) is 3.50. The molecule has 0 fully saturated rings. The molecule has 1 aliphatic rings. The van der Waals surface area contributed by atoms with E-state index >= 15 is 0 Å². The predicted molar refractivity (Wildman–Crippen MR) is 76.2 cm³/mol. The van der Waals surface area contributed by atoms with Crippen LogP contribution in [0.15, 0.2) is 30.8 Å². The highest BCUT2D eigenvalue weighted by Gasteiger charge is 2.20. The fourth-order valence-corrected chi connectivity index (χ4v) is 2.48. The summed E-state index contributed by atoms with van der Waals surface area (Å²) in [6, 6.07) is 5.24. The fraction of sp³-hybridized carbons (Fsp3) is 0.188. The number of benzene rings is 1. The van der Waals surface area contributed by atoms with Gasteiger partial charge in [-0.25, -0.2) is 13.8 Å². The number of nitrogens with zero attached hydrogens (tertiary/aromatic N) is 1. The zero-order valence-electron chi connectivity index (χ0n) is 11.3. The third kappa shape index (κ3) is 2.52. The first-order valence-corrected chi connectivity index (χ1v) is 6.57. The standard InChI is InChI=1S/C16H14F2N2O/c1-9(19)15-7-13(11-3-2-10(17)6-14(11)18)12-4-5-21-8-16(12)20-15/h2-3,6-7H,1,4-5,8,19H2. The van der Waals surface area contributed by atoms with Crippen LogP contribution in [0.2, 0.25) is 0 Å². The van der Waals surface area contributed by atoms with Crippen LogP contribution in [0.1, 0.15) is 17.0 Å². The molecule has 2 N–H and O–H groups in total.